The number of nitrogens with one attached hydrogen (secondary N) is 1. The van der Waals surface area contributed by atoms with Crippen molar-refractivity contribution in [3.63, 3.8) is 0 Å². The number of amides is 1. The number of hydrogen-bond acceptors (Lipinski definition) is 5. The van der Waals surface area contributed by atoms with E-state index in [0.717, 1.165) is 0 Å². The van der Waals surface area contributed by atoms with Crippen molar-refractivity contribution in [3.05, 3.63) is 42.5 Å². The third-order valence-corrected chi connectivity index (χ3v) is 2.18. The molecule has 2 aromatic heterocycles. The third-order valence-electron chi connectivity index (χ3n) is 2.18. The molecule has 0 bridgehead atoms. The molecule has 1 amide bonds. The fraction of sp³-hybridized carbons (Fsp3) is 0.250. The van der Waals surface area contributed by atoms with Crippen molar-refractivity contribution in [2.75, 3.05) is 6.54 Å². The smallest absolute Gasteiger partial charge is 0.290 e. The lowest BCUT2D eigenvalue weighted by molar-refractivity contribution is 0.0895. The summed E-state index contributed by atoms with van der Waals surface area (Å²) in [7, 11) is 0. The molecule has 0 aliphatic carbocycles. The van der Waals surface area contributed by atoms with Gasteiger partial charge in [0.2, 0.25) is 5.76 Å². The van der Waals surface area contributed by atoms with Crippen molar-refractivity contribution in [2.45, 2.75) is 13.0 Å². The van der Waals surface area contributed by atoms with Gasteiger partial charge in [0, 0.05) is 12.3 Å². The van der Waals surface area contributed by atoms with E-state index in [1.165, 1.54) is 12.3 Å². The highest BCUT2D eigenvalue weighted by Gasteiger charge is 2.11. The van der Waals surface area contributed by atoms with Crippen molar-refractivity contribution in [1.82, 2.24) is 15.5 Å². The maximum atomic E-state index is 11.5. The first-order chi connectivity index (χ1) is 8.75. The van der Waals surface area contributed by atoms with E-state index in [-0.39, 0.29) is 17.8 Å². The maximum Gasteiger partial charge on any atom is 0.290 e. The van der Waals surface area contributed by atoms with Gasteiger partial charge in [0.25, 0.3) is 5.91 Å². The number of hydrogen-bond donors (Lipinski definition) is 1. The molecule has 6 heteroatoms. The van der Waals surface area contributed by atoms with Gasteiger partial charge in [0.15, 0.2) is 0 Å². The zero-order valence-corrected chi connectivity index (χ0v) is 9.87. The Bertz CT molecular complexity index is 485. The van der Waals surface area contributed by atoms with E-state index in [1.54, 1.807) is 18.5 Å². The van der Waals surface area contributed by atoms with Gasteiger partial charge in [-0.15, -0.1) is 0 Å². The van der Waals surface area contributed by atoms with Crippen LogP contribution >= 0.6 is 0 Å². The van der Waals surface area contributed by atoms with Gasteiger partial charge < -0.3 is 14.6 Å². The largest absolute Gasteiger partial charge is 0.487 e. The number of aromatic nitrogens is 2. The zero-order valence-electron chi connectivity index (χ0n) is 9.87. The topological polar surface area (TPSA) is 77.2 Å². The van der Waals surface area contributed by atoms with Gasteiger partial charge in [0.05, 0.1) is 18.9 Å². The summed E-state index contributed by atoms with van der Waals surface area (Å²) in [6.07, 6.45) is 4.55. The van der Waals surface area contributed by atoms with Crippen LogP contribution in [0, 0.1) is 0 Å². The lowest BCUT2D eigenvalue weighted by atomic mass is 10.3. The van der Waals surface area contributed by atoms with Crippen LogP contribution in [-0.4, -0.2) is 28.7 Å². The van der Waals surface area contributed by atoms with Crippen LogP contribution in [0.5, 0.6) is 5.75 Å². The summed E-state index contributed by atoms with van der Waals surface area (Å²) in [5.74, 6) is 0.539. The van der Waals surface area contributed by atoms with Crippen LogP contribution in [0.4, 0.5) is 0 Å². The molecule has 18 heavy (non-hydrogen) atoms. The Morgan fingerprint density at radius 2 is 2.39 bits per heavy atom. The Morgan fingerprint density at radius 1 is 1.50 bits per heavy atom. The highest BCUT2D eigenvalue weighted by molar-refractivity contribution is 5.91. The predicted octanol–water partition coefficient (Wildman–Crippen LogP) is 1.27. The van der Waals surface area contributed by atoms with Crippen molar-refractivity contribution >= 4 is 5.91 Å². The number of nitrogens with zero attached hydrogens (tertiary/aromatic N) is 2. The fourth-order valence-electron chi connectivity index (χ4n) is 1.35. The Morgan fingerprint density at radius 3 is 3.06 bits per heavy atom. The molecule has 0 radical (unpaired) electrons. The minimum atomic E-state index is -0.311. The Hall–Kier alpha value is -2.37. The summed E-state index contributed by atoms with van der Waals surface area (Å²) in [4.78, 5) is 15.5. The minimum absolute atomic E-state index is 0.166. The van der Waals surface area contributed by atoms with Crippen molar-refractivity contribution in [3.8, 4) is 5.75 Å². The first kappa shape index (κ1) is 12.1. The first-order valence-electron chi connectivity index (χ1n) is 5.51. The van der Waals surface area contributed by atoms with Crippen LogP contribution in [0.2, 0.25) is 0 Å². The number of rotatable bonds is 5. The van der Waals surface area contributed by atoms with Gasteiger partial charge in [-0.25, -0.2) is 0 Å². The summed E-state index contributed by atoms with van der Waals surface area (Å²) in [5.41, 5.74) is 0. The number of ether oxygens (including phenoxy) is 1. The summed E-state index contributed by atoms with van der Waals surface area (Å²) < 4.78 is 10.3. The van der Waals surface area contributed by atoms with Gasteiger partial charge in [-0.2, -0.15) is 0 Å². The van der Waals surface area contributed by atoms with E-state index in [1.807, 2.05) is 13.0 Å². The van der Waals surface area contributed by atoms with Crippen molar-refractivity contribution in [2.24, 2.45) is 0 Å². The van der Waals surface area contributed by atoms with Gasteiger partial charge in [-0.3, -0.25) is 9.78 Å². The molecular formula is C12H13N3O3. The SMILES string of the molecule is C[C@H](CNC(=O)c1ccno1)Oc1cccnc1. The minimum Gasteiger partial charge on any atom is -0.487 e. The summed E-state index contributed by atoms with van der Waals surface area (Å²) in [5, 5.41) is 6.15. The molecule has 0 unspecified atom stereocenters. The van der Waals surface area contributed by atoms with E-state index >= 15 is 0 Å². The second kappa shape index (κ2) is 5.81. The van der Waals surface area contributed by atoms with E-state index in [0.29, 0.717) is 12.3 Å². The molecule has 0 aromatic carbocycles. The molecule has 0 saturated heterocycles. The average molecular weight is 247 g/mol. The molecule has 2 rings (SSSR count). The standard InChI is InChI=1S/C12H13N3O3/c1-9(17-10-3-2-5-13-8-10)7-14-12(16)11-4-6-15-18-11/h2-6,8-9H,7H2,1H3,(H,14,16)/t9-/m1/s1. The third kappa shape index (κ3) is 3.31. The Kier molecular flexibility index (Phi) is 3.90. The highest BCUT2D eigenvalue weighted by atomic mass is 16.5. The van der Waals surface area contributed by atoms with Crippen LogP contribution in [-0.2, 0) is 0 Å². The van der Waals surface area contributed by atoms with E-state index in [9.17, 15) is 4.79 Å². The molecule has 94 valence electrons. The average Bonchev–Trinajstić information content (AvgIpc) is 2.91. The van der Waals surface area contributed by atoms with Gasteiger partial charge >= 0.3 is 0 Å². The second-order valence-corrected chi connectivity index (χ2v) is 3.70. The molecule has 0 spiro atoms. The molecule has 1 atom stereocenters. The maximum absolute atomic E-state index is 11.5. The molecule has 2 heterocycles. The highest BCUT2D eigenvalue weighted by Crippen LogP contribution is 2.08. The first-order valence-corrected chi connectivity index (χ1v) is 5.51. The van der Waals surface area contributed by atoms with Crippen LogP contribution in [0.15, 0.2) is 41.3 Å². The van der Waals surface area contributed by atoms with Crippen LogP contribution in [0.1, 0.15) is 17.5 Å². The van der Waals surface area contributed by atoms with Crippen LogP contribution in [0.3, 0.4) is 0 Å². The van der Waals surface area contributed by atoms with E-state index < -0.39 is 0 Å². The van der Waals surface area contributed by atoms with E-state index in [4.69, 9.17) is 9.26 Å². The van der Waals surface area contributed by atoms with E-state index in [2.05, 4.69) is 15.5 Å². The second-order valence-electron chi connectivity index (χ2n) is 3.70. The molecular weight excluding hydrogens is 234 g/mol. The fourth-order valence-corrected chi connectivity index (χ4v) is 1.35. The lowest BCUT2D eigenvalue weighted by Gasteiger charge is -2.14. The Balaban J connectivity index is 1.78. The Labute approximate surface area is 104 Å². The predicted molar refractivity (Wildman–Crippen MR) is 63.2 cm³/mol. The summed E-state index contributed by atoms with van der Waals surface area (Å²) >= 11 is 0. The molecule has 0 aliphatic rings. The number of carbonyl (C=O) groups excluding carboxylic acids is 1. The summed E-state index contributed by atoms with van der Waals surface area (Å²) in [6, 6.07) is 5.10. The van der Waals surface area contributed by atoms with Gasteiger partial charge in [-0.05, 0) is 19.1 Å². The molecule has 0 fully saturated rings. The normalized spacial score (nSPS) is 11.8. The molecule has 0 aliphatic heterocycles. The van der Waals surface area contributed by atoms with Crippen molar-refractivity contribution < 1.29 is 14.1 Å². The summed E-state index contributed by atoms with van der Waals surface area (Å²) in [6.45, 7) is 2.22. The molecule has 1 N–H and O–H groups in total. The molecule has 0 saturated carbocycles. The monoisotopic (exact) mass is 247 g/mol. The zero-order chi connectivity index (χ0) is 12.8. The molecule has 6 nitrogen and oxygen atoms in total. The quantitative estimate of drug-likeness (QED) is 0.860. The van der Waals surface area contributed by atoms with Gasteiger partial charge in [-0.1, -0.05) is 5.16 Å². The number of carbonyl (C=O) groups is 1. The number of pyridine rings is 1. The lowest BCUT2D eigenvalue weighted by Crippen LogP contribution is -2.33. The van der Waals surface area contributed by atoms with Crippen LogP contribution in [0.25, 0.3) is 0 Å². The van der Waals surface area contributed by atoms with Crippen molar-refractivity contribution in [1.29, 1.82) is 0 Å². The molecule has 2 aromatic rings. The van der Waals surface area contributed by atoms with Gasteiger partial charge in [0.1, 0.15) is 11.9 Å². The van der Waals surface area contributed by atoms with Crippen LogP contribution < -0.4 is 10.1 Å².